The van der Waals surface area contributed by atoms with Gasteiger partial charge in [0, 0.05) is 22.8 Å². The summed E-state index contributed by atoms with van der Waals surface area (Å²) in [6, 6.07) is 5.25. The van der Waals surface area contributed by atoms with Gasteiger partial charge in [0.05, 0.1) is 0 Å². The zero-order chi connectivity index (χ0) is 14.2. The van der Waals surface area contributed by atoms with Crippen molar-refractivity contribution in [2.24, 2.45) is 0 Å². The van der Waals surface area contributed by atoms with Crippen LogP contribution in [0, 0.1) is 25.5 Å². The maximum Gasteiger partial charge on any atom is 0.198 e. The van der Waals surface area contributed by atoms with E-state index >= 15 is 0 Å². The number of hydrogen-bond donors (Lipinski definition) is 1. The Labute approximate surface area is 114 Å². The number of aryl methyl sites for hydroxylation is 2. The standard InChI is InChI=1S/C14H12ClF2NO/c1-7-3-10(4-8(2)13(7)15)19-14-11(16)5-9(18)6-12(14)17/h3-6H,18H2,1-2H3. The molecule has 2 aromatic carbocycles. The molecule has 19 heavy (non-hydrogen) atoms. The van der Waals surface area contributed by atoms with Gasteiger partial charge in [0.15, 0.2) is 17.4 Å². The average molecular weight is 284 g/mol. The molecule has 0 spiro atoms. The van der Waals surface area contributed by atoms with Gasteiger partial charge >= 0.3 is 0 Å². The molecule has 0 heterocycles. The third kappa shape index (κ3) is 2.79. The fourth-order valence-electron chi connectivity index (χ4n) is 1.76. The number of anilines is 1. The lowest BCUT2D eigenvalue weighted by Gasteiger charge is -2.11. The predicted octanol–water partition coefficient (Wildman–Crippen LogP) is 4.61. The highest BCUT2D eigenvalue weighted by molar-refractivity contribution is 6.32. The van der Waals surface area contributed by atoms with Crippen LogP contribution in [0.5, 0.6) is 11.5 Å². The molecule has 2 aromatic rings. The van der Waals surface area contributed by atoms with E-state index in [1.165, 1.54) is 0 Å². The number of nitrogen functional groups attached to an aromatic ring is 1. The third-order valence-corrected chi connectivity index (χ3v) is 3.25. The van der Waals surface area contributed by atoms with Crippen LogP contribution in [0.15, 0.2) is 24.3 Å². The van der Waals surface area contributed by atoms with E-state index in [0.717, 1.165) is 23.3 Å². The highest BCUT2D eigenvalue weighted by atomic mass is 35.5. The van der Waals surface area contributed by atoms with E-state index in [0.29, 0.717) is 10.8 Å². The molecule has 0 aliphatic rings. The second kappa shape index (κ2) is 5.05. The first kappa shape index (κ1) is 13.6. The zero-order valence-electron chi connectivity index (χ0n) is 10.4. The molecule has 100 valence electrons. The van der Waals surface area contributed by atoms with Crippen LogP contribution in [0.4, 0.5) is 14.5 Å². The van der Waals surface area contributed by atoms with E-state index in [1.54, 1.807) is 26.0 Å². The summed E-state index contributed by atoms with van der Waals surface area (Å²) in [4.78, 5) is 0. The minimum absolute atomic E-state index is 0.00539. The summed E-state index contributed by atoms with van der Waals surface area (Å²) in [5, 5.41) is 0.602. The number of nitrogens with two attached hydrogens (primary N) is 1. The maximum atomic E-state index is 13.6. The van der Waals surface area contributed by atoms with Crippen LogP contribution in [0.3, 0.4) is 0 Å². The monoisotopic (exact) mass is 283 g/mol. The van der Waals surface area contributed by atoms with Crippen molar-refractivity contribution in [1.29, 1.82) is 0 Å². The van der Waals surface area contributed by atoms with Gasteiger partial charge in [-0.05, 0) is 37.1 Å². The number of benzene rings is 2. The molecule has 2 N–H and O–H groups in total. The first-order valence-corrected chi connectivity index (χ1v) is 5.95. The summed E-state index contributed by atoms with van der Waals surface area (Å²) < 4.78 is 32.5. The van der Waals surface area contributed by atoms with E-state index in [2.05, 4.69) is 0 Å². The summed E-state index contributed by atoms with van der Waals surface area (Å²) in [5.41, 5.74) is 6.88. The third-order valence-electron chi connectivity index (χ3n) is 2.65. The molecule has 0 bridgehead atoms. The number of ether oxygens (including phenoxy) is 1. The van der Waals surface area contributed by atoms with Gasteiger partial charge in [-0.2, -0.15) is 0 Å². The molecular weight excluding hydrogens is 272 g/mol. The topological polar surface area (TPSA) is 35.2 Å². The van der Waals surface area contributed by atoms with Crippen molar-refractivity contribution in [2.45, 2.75) is 13.8 Å². The Morgan fingerprint density at radius 3 is 1.95 bits per heavy atom. The smallest absolute Gasteiger partial charge is 0.198 e. The van der Waals surface area contributed by atoms with E-state index in [-0.39, 0.29) is 5.69 Å². The lowest BCUT2D eigenvalue weighted by atomic mass is 10.1. The van der Waals surface area contributed by atoms with Crippen molar-refractivity contribution >= 4 is 17.3 Å². The second-order valence-corrected chi connectivity index (χ2v) is 4.66. The summed E-state index contributed by atoms with van der Waals surface area (Å²) in [6.45, 7) is 3.58. The van der Waals surface area contributed by atoms with Crippen molar-refractivity contribution in [3.8, 4) is 11.5 Å². The number of rotatable bonds is 2. The van der Waals surface area contributed by atoms with Gasteiger partial charge in [-0.3, -0.25) is 0 Å². The fourth-order valence-corrected chi connectivity index (χ4v) is 1.87. The molecule has 0 fully saturated rings. The Balaban J connectivity index is 2.42. The van der Waals surface area contributed by atoms with Crippen molar-refractivity contribution in [2.75, 3.05) is 5.73 Å². The van der Waals surface area contributed by atoms with Crippen LogP contribution in [0.1, 0.15) is 11.1 Å². The van der Waals surface area contributed by atoms with Crippen LogP contribution >= 0.6 is 11.6 Å². The fraction of sp³-hybridized carbons (Fsp3) is 0.143. The largest absolute Gasteiger partial charge is 0.451 e. The summed E-state index contributed by atoms with van der Waals surface area (Å²) in [6.07, 6.45) is 0. The molecular formula is C14H12ClF2NO. The second-order valence-electron chi connectivity index (χ2n) is 4.29. The van der Waals surface area contributed by atoms with Gasteiger partial charge in [0.25, 0.3) is 0 Å². The molecule has 2 nitrogen and oxygen atoms in total. The highest BCUT2D eigenvalue weighted by Gasteiger charge is 2.14. The molecule has 5 heteroatoms. The molecule has 0 saturated carbocycles. The molecule has 0 aromatic heterocycles. The first-order chi connectivity index (χ1) is 8.88. The first-order valence-electron chi connectivity index (χ1n) is 5.57. The lowest BCUT2D eigenvalue weighted by molar-refractivity contribution is 0.407. The zero-order valence-corrected chi connectivity index (χ0v) is 11.2. The minimum Gasteiger partial charge on any atom is -0.451 e. The molecule has 0 unspecified atom stereocenters. The Hall–Kier alpha value is -1.81. The maximum absolute atomic E-state index is 13.6. The summed E-state index contributed by atoms with van der Waals surface area (Å²) in [7, 11) is 0. The van der Waals surface area contributed by atoms with Crippen LogP contribution in [-0.4, -0.2) is 0 Å². The Bertz CT molecular complexity index is 597. The van der Waals surface area contributed by atoms with Crippen molar-refractivity contribution < 1.29 is 13.5 Å². The van der Waals surface area contributed by atoms with E-state index in [4.69, 9.17) is 22.1 Å². The molecule has 0 aliphatic carbocycles. The molecule has 0 amide bonds. The van der Waals surface area contributed by atoms with Crippen LogP contribution in [0.2, 0.25) is 5.02 Å². The number of halogens is 3. The van der Waals surface area contributed by atoms with Crippen LogP contribution < -0.4 is 10.5 Å². The SMILES string of the molecule is Cc1cc(Oc2c(F)cc(N)cc2F)cc(C)c1Cl. The molecule has 0 saturated heterocycles. The van der Waals surface area contributed by atoms with Gasteiger partial charge in [0.1, 0.15) is 5.75 Å². The van der Waals surface area contributed by atoms with Crippen molar-refractivity contribution in [1.82, 2.24) is 0 Å². The van der Waals surface area contributed by atoms with Crippen molar-refractivity contribution in [3.05, 3.63) is 52.0 Å². The predicted molar refractivity (Wildman–Crippen MR) is 71.8 cm³/mol. The summed E-state index contributed by atoms with van der Waals surface area (Å²) >= 11 is 6.02. The quantitative estimate of drug-likeness (QED) is 0.817. The molecule has 0 atom stereocenters. The van der Waals surface area contributed by atoms with Crippen LogP contribution in [0.25, 0.3) is 0 Å². The lowest BCUT2D eigenvalue weighted by Crippen LogP contribution is -1.96. The normalized spacial score (nSPS) is 10.6. The van der Waals surface area contributed by atoms with E-state index in [9.17, 15) is 8.78 Å². The Morgan fingerprint density at radius 2 is 1.47 bits per heavy atom. The molecule has 2 rings (SSSR count). The van der Waals surface area contributed by atoms with E-state index < -0.39 is 17.4 Å². The Kier molecular flexibility index (Phi) is 3.62. The minimum atomic E-state index is -0.845. The Morgan fingerprint density at radius 1 is 1.00 bits per heavy atom. The van der Waals surface area contributed by atoms with Crippen molar-refractivity contribution in [3.63, 3.8) is 0 Å². The van der Waals surface area contributed by atoms with Gasteiger partial charge in [-0.25, -0.2) is 8.78 Å². The van der Waals surface area contributed by atoms with Gasteiger partial charge in [0.2, 0.25) is 0 Å². The van der Waals surface area contributed by atoms with Gasteiger partial charge in [-0.15, -0.1) is 0 Å². The number of hydrogen-bond acceptors (Lipinski definition) is 2. The molecule has 0 radical (unpaired) electrons. The van der Waals surface area contributed by atoms with Gasteiger partial charge in [-0.1, -0.05) is 11.6 Å². The molecule has 0 aliphatic heterocycles. The summed E-state index contributed by atoms with van der Waals surface area (Å²) in [5.74, 6) is -1.84. The van der Waals surface area contributed by atoms with Crippen LogP contribution in [-0.2, 0) is 0 Å². The van der Waals surface area contributed by atoms with E-state index in [1.807, 2.05) is 0 Å². The van der Waals surface area contributed by atoms with Gasteiger partial charge < -0.3 is 10.5 Å². The average Bonchev–Trinajstić information content (AvgIpc) is 2.30. The highest BCUT2D eigenvalue weighted by Crippen LogP contribution is 2.32.